The fourth-order valence-electron chi connectivity index (χ4n) is 1.60. The van der Waals surface area contributed by atoms with E-state index in [1.54, 1.807) is 0 Å². The quantitative estimate of drug-likeness (QED) is 0.616. The number of ether oxygens (including phenoxy) is 2. The van der Waals surface area contributed by atoms with Gasteiger partial charge in [0.15, 0.2) is 0 Å². The number of epoxide rings is 1. The molecule has 70 valence electrons. The first-order chi connectivity index (χ1) is 5.85. The predicted octanol–water partition coefficient (Wildman–Crippen LogP) is 0.564. The van der Waals surface area contributed by atoms with Crippen LogP contribution in [0.4, 0.5) is 0 Å². The van der Waals surface area contributed by atoms with Crippen LogP contribution in [0.2, 0.25) is 0 Å². The van der Waals surface area contributed by atoms with Gasteiger partial charge in [0, 0.05) is 5.41 Å². The lowest BCUT2D eigenvalue weighted by molar-refractivity contribution is -0.0452. The minimum Gasteiger partial charge on any atom is -0.396 e. The van der Waals surface area contributed by atoms with Crippen LogP contribution in [0.15, 0.2) is 0 Å². The Morgan fingerprint density at radius 3 is 2.67 bits per heavy atom. The second kappa shape index (κ2) is 3.32. The Morgan fingerprint density at radius 1 is 1.50 bits per heavy atom. The fraction of sp³-hybridized carbons (Fsp3) is 1.00. The van der Waals surface area contributed by atoms with Crippen molar-refractivity contribution in [2.75, 3.05) is 26.4 Å². The number of hydrogen-bond donors (Lipinski definition) is 1. The van der Waals surface area contributed by atoms with Gasteiger partial charge in [-0.05, 0) is 12.8 Å². The third-order valence-electron chi connectivity index (χ3n) is 2.86. The minimum absolute atomic E-state index is 0.106. The molecule has 1 heterocycles. The van der Waals surface area contributed by atoms with Crippen molar-refractivity contribution < 1.29 is 14.6 Å². The largest absolute Gasteiger partial charge is 0.396 e. The summed E-state index contributed by atoms with van der Waals surface area (Å²) >= 11 is 0. The highest BCUT2D eigenvalue weighted by Gasteiger charge is 2.37. The van der Waals surface area contributed by atoms with E-state index >= 15 is 0 Å². The maximum atomic E-state index is 9.11. The van der Waals surface area contributed by atoms with Gasteiger partial charge in [0.05, 0.1) is 26.4 Å². The van der Waals surface area contributed by atoms with Crippen LogP contribution in [0.3, 0.4) is 0 Å². The molecule has 2 aliphatic rings. The molecule has 1 atom stereocenters. The highest BCUT2D eigenvalue weighted by atomic mass is 16.6. The van der Waals surface area contributed by atoms with Gasteiger partial charge in [0.1, 0.15) is 6.10 Å². The van der Waals surface area contributed by atoms with E-state index in [0.29, 0.717) is 19.3 Å². The third-order valence-corrected chi connectivity index (χ3v) is 2.86. The molecule has 2 rings (SSSR count). The van der Waals surface area contributed by atoms with Gasteiger partial charge in [-0.2, -0.15) is 0 Å². The molecule has 0 aromatic heterocycles. The summed E-state index contributed by atoms with van der Waals surface area (Å²) in [5.41, 5.74) is 0.106. The van der Waals surface area contributed by atoms with Crippen LogP contribution in [0.25, 0.3) is 0 Å². The van der Waals surface area contributed by atoms with Gasteiger partial charge < -0.3 is 14.6 Å². The van der Waals surface area contributed by atoms with E-state index in [4.69, 9.17) is 14.6 Å². The van der Waals surface area contributed by atoms with Gasteiger partial charge in [-0.25, -0.2) is 0 Å². The molecule has 0 aromatic rings. The predicted molar refractivity (Wildman–Crippen MR) is 43.9 cm³/mol. The minimum atomic E-state index is 0.106. The zero-order valence-electron chi connectivity index (χ0n) is 7.29. The normalized spacial score (nSPS) is 31.2. The Labute approximate surface area is 72.7 Å². The van der Waals surface area contributed by atoms with Crippen molar-refractivity contribution in [2.45, 2.75) is 25.4 Å². The highest BCUT2D eigenvalue weighted by molar-refractivity contribution is 4.87. The molecule has 2 fully saturated rings. The number of aliphatic hydroxyl groups is 1. The van der Waals surface area contributed by atoms with E-state index in [1.165, 1.54) is 6.42 Å². The molecule has 1 aliphatic heterocycles. The molecule has 12 heavy (non-hydrogen) atoms. The van der Waals surface area contributed by atoms with Crippen molar-refractivity contribution in [1.82, 2.24) is 0 Å². The van der Waals surface area contributed by atoms with Crippen molar-refractivity contribution >= 4 is 0 Å². The topological polar surface area (TPSA) is 42.0 Å². The van der Waals surface area contributed by atoms with E-state index < -0.39 is 0 Å². The maximum absolute atomic E-state index is 9.11. The third kappa shape index (κ3) is 1.79. The lowest BCUT2D eigenvalue weighted by Crippen LogP contribution is -2.38. The molecular weight excluding hydrogens is 156 g/mol. The summed E-state index contributed by atoms with van der Waals surface area (Å²) in [7, 11) is 0. The molecule has 0 amide bonds. The number of hydrogen-bond acceptors (Lipinski definition) is 3. The number of rotatable bonds is 5. The van der Waals surface area contributed by atoms with Crippen LogP contribution in [-0.2, 0) is 9.47 Å². The first-order valence-electron chi connectivity index (χ1n) is 4.65. The molecule has 0 aromatic carbocycles. The van der Waals surface area contributed by atoms with Gasteiger partial charge in [-0.3, -0.25) is 0 Å². The van der Waals surface area contributed by atoms with Gasteiger partial charge in [-0.15, -0.1) is 0 Å². The van der Waals surface area contributed by atoms with Crippen molar-refractivity contribution in [3.63, 3.8) is 0 Å². The second-order valence-electron chi connectivity index (χ2n) is 3.98. The smallest absolute Gasteiger partial charge is 0.104 e. The van der Waals surface area contributed by atoms with Crippen molar-refractivity contribution in [3.8, 4) is 0 Å². The molecule has 3 nitrogen and oxygen atoms in total. The summed E-state index contributed by atoms with van der Waals surface area (Å²) in [5, 5.41) is 9.11. The SMILES string of the molecule is OCC1(COCC2CO2)CCC1. The van der Waals surface area contributed by atoms with Crippen molar-refractivity contribution in [1.29, 1.82) is 0 Å². The van der Waals surface area contributed by atoms with Gasteiger partial charge >= 0.3 is 0 Å². The Morgan fingerprint density at radius 2 is 2.25 bits per heavy atom. The molecule has 3 heteroatoms. The van der Waals surface area contributed by atoms with Gasteiger partial charge in [0.25, 0.3) is 0 Å². The van der Waals surface area contributed by atoms with Crippen LogP contribution in [0.1, 0.15) is 19.3 Å². The molecule has 1 saturated carbocycles. The summed E-state index contributed by atoms with van der Waals surface area (Å²) in [4.78, 5) is 0. The first-order valence-corrected chi connectivity index (χ1v) is 4.65. The van der Waals surface area contributed by atoms with Crippen LogP contribution < -0.4 is 0 Å². The first kappa shape index (κ1) is 8.48. The van der Waals surface area contributed by atoms with Crippen LogP contribution in [-0.4, -0.2) is 37.6 Å². The Balaban J connectivity index is 1.62. The lowest BCUT2D eigenvalue weighted by Gasteiger charge is -2.39. The highest BCUT2D eigenvalue weighted by Crippen LogP contribution is 2.40. The van der Waals surface area contributed by atoms with Gasteiger partial charge in [0.2, 0.25) is 0 Å². The molecular formula is C9H16O3. The average molecular weight is 172 g/mol. The molecule has 0 radical (unpaired) electrons. The summed E-state index contributed by atoms with van der Waals surface area (Å²) in [6.07, 6.45) is 3.83. The molecule has 1 saturated heterocycles. The van der Waals surface area contributed by atoms with E-state index in [1.807, 2.05) is 0 Å². The fourth-order valence-corrected chi connectivity index (χ4v) is 1.60. The van der Waals surface area contributed by atoms with E-state index in [0.717, 1.165) is 19.4 Å². The molecule has 1 N–H and O–H groups in total. The second-order valence-corrected chi connectivity index (χ2v) is 3.98. The lowest BCUT2D eigenvalue weighted by atomic mass is 9.70. The Kier molecular flexibility index (Phi) is 2.35. The van der Waals surface area contributed by atoms with Crippen LogP contribution in [0, 0.1) is 5.41 Å². The average Bonchev–Trinajstić information content (AvgIpc) is 2.78. The number of aliphatic hydroxyl groups excluding tert-OH is 1. The summed E-state index contributed by atoms with van der Waals surface area (Å²) in [6.45, 7) is 2.55. The Hall–Kier alpha value is -0.120. The van der Waals surface area contributed by atoms with E-state index in [2.05, 4.69) is 0 Å². The van der Waals surface area contributed by atoms with Crippen LogP contribution in [0.5, 0.6) is 0 Å². The summed E-state index contributed by atoms with van der Waals surface area (Å²) in [6, 6.07) is 0. The van der Waals surface area contributed by atoms with Gasteiger partial charge in [-0.1, -0.05) is 6.42 Å². The van der Waals surface area contributed by atoms with E-state index in [9.17, 15) is 0 Å². The molecule has 0 bridgehead atoms. The molecule has 1 unspecified atom stereocenters. The van der Waals surface area contributed by atoms with Crippen LogP contribution >= 0.6 is 0 Å². The Bertz CT molecular complexity index is 144. The molecule has 0 spiro atoms. The zero-order chi connectivity index (χ0) is 8.44. The van der Waals surface area contributed by atoms with E-state index in [-0.39, 0.29) is 12.0 Å². The van der Waals surface area contributed by atoms with Crippen molar-refractivity contribution in [3.05, 3.63) is 0 Å². The monoisotopic (exact) mass is 172 g/mol. The molecule has 1 aliphatic carbocycles. The standard InChI is InChI=1S/C9H16O3/c10-6-9(2-1-3-9)7-11-4-8-5-12-8/h8,10H,1-7H2. The summed E-state index contributed by atoms with van der Waals surface area (Å²) < 4.78 is 10.5. The summed E-state index contributed by atoms with van der Waals surface area (Å²) in [5.74, 6) is 0. The maximum Gasteiger partial charge on any atom is 0.104 e. The van der Waals surface area contributed by atoms with Crippen molar-refractivity contribution in [2.24, 2.45) is 5.41 Å². The zero-order valence-corrected chi connectivity index (χ0v) is 7.29.